The molecule has 8 heteroatoms. The molecule has 2 aromatic carbocycles. The summed E-state index contributed by atoms with van der Waals surface area (Å²) in [5, 5.41) is 12.3. The van der Waals surface area contributed by atoms with Gasteiger partial charge in [-0.1, -0.05) is 36.4 Å². The molecule has 3 heterocycles. The van der Waals surface area contributed by atoms with Gasteiger partial charge in [-0.15, -0.1) is 0 Å². The fourth-order valence-corrected chi connectivity index (χ4v) is 3.65. The molecule has 0 saturated carbocycles. The van der Waals surface area contributed by atoms with Gasteiger partial charge in [0.1, 0.15) is 5.82 Å². The van der Waals surface area contributed by atoms with Crippen molar-refractivity contribution in [3.63, 3.8) is 0 Å². The number of morpholine rings is 1. The SMILES string of the molecule is c1ccc(Nc2nc(NCCN3CCOCC3)nc3c2cnn3-c2ccccc2)cc1. The lowest BCUT2D eigenvalue weighted by Crippen LogP contribution is -2.39. The predicted octanol–water partition coefficient (Wildman–Crippen LogP) is 3.30. The Morgan fingerprint density at radius 1 is 0.903 bits per heavy atom. The minimum absolute atomic E-state index is 0.580. The van der Waals surface area contributed by atoms with E-state index in [0.29, 0.717) is 5.95 Å². The number of rotatable bonds is 7. The van der Waals surface area contributed by atoms with Crippen molar-refractivity contribution in [3.8, 4) is 5.69 Å². The Morgan fingerprint density at radius 3 is 2.42 bits per heavy atom. The second kappa shape index (κ2) is 9.11. The van der Waals surface area contributed by atoms with Gasteiger partial charge in [0, 0.05) is 31.9 Å². The molecule has 0 amide bonds. The lowest BCUT2D eigenvalue weighted by atomic mass is 10.3. The lowest BCUT2D eigenvalue weighted by Gasteiger charge is -2.26. The highest BCUT2D eigenvalue weighted by atomic mass is 16.5. The number of hydrogen-bond acceptors (Lipinski definition) is 7. The van der Waals surface area contributed by atoms with E-state index in [1.807, 2.05) is 71.5 Å². The van der Waals surface area contributed by atoms with Crippen molar-refractivity contribution in [2.24, 2.45) is 0 Å². The molecule has 0 atom stereocenters. The van der Waals surface area contributed by atoms with Gasteiger partial charge in [-0.25, -0.2) is 4.68 Å². The van der Waals surface area contributed by atoms with Crippen LogP contribution >= 0.6 is 0 Å². The molecule has 5 rings (SSSR count). The van der Waals surface area contributed by atoms with Crippen molar-refractivity contribution in [2.45, 2.75) is 0 Å². The third-order valence-corrected chi connectivity index (χ3v) is 5.28. The average molecular weight is 416 g/mol. The van der Waals surface area contributed by atoms with Crippen molar-refractivity contribution >= 4 is 28.5 Å². The molecule has 0 spiro atoms. The zero-order valence-electron chi connectivity index (χ0n) is 17.2. The number of nitrogens with zero attached hydrogens (tertiary/aromatic N) is 5. The molecule has 0 unspecified atom stereocenters. The average Bonchev–Trinajstić information content (AvgIpc) is 3.25. The van der Waals surface area contributed by atoms with Crippen LogP contribution in [0.2, 0.25) is 0 Å². The minimum Gasteiger partial charge on any atom is -0.379 e. The molecular formula is C23H25N7O. The van der Waals surface area contributed by atoms with Crippen molar-refractivity contribution in [1.82, 2.24) is 24.6 Å². The molecule has 0 radical (unpaired) electrons. The van der Waals surface area contributed by atoms with Crippen molar-refractivity contribution in [2.75, 3.05) is 50.0 Å². The molecule has 8 nitrogen and oxygen atoms in total. The van der Waals surface area contributed by atoms with Crippen molar-refractivity contribution in [1.29, 1.82) is 0 Å². The van der Waals surface area contributed by atoms with Crippen LogP contribution in [-0.4, -0.2) is 64.0 Å². The molecule has 158 valence electrons. The van der Waals surface area contributed by atoms with Crippen LogP contribution in [0.5, 0.6) is 0 Å². The summed E-state index contributed by atoms with van der Waals surface area (Å²) in [6.45, 7) is 5.19. The molecule has 2 N–H and O–H groups in total. The smallest absolute Gasteiger partial charge is 0.226 e. The third kappa shape index (κ3) is 4.50. The van der Waals surface area contributed by atoms with E-state index in [-0.39, 0.29) is 0 Å². The van der Waals surface area contributed by atoms with Crippen LogP contribution in [-0.2, 0) is 4.74 Å². The van der Waals surface area contributed by atoms with Gasteiger partial charge < -0.3 is 15.4 Å². The molecule has 2 aromatic heterocycles. The number of ether oxygens (including phenoxy) is 1. The molecule has 4 aromatic rings. The first-order chi connectivity index (χ1) is 15.4. The maximum Gasteiger partial charge on any atom is 0.226 e. The summed E-state index contributed by atoms with van der Waals surface area (Å²) in [6.07, 6.45) is 1.81. The highest BCUT2D eigenvalue weighted by Gasteiger charge is 2.15. The Balaban J connectivity index is 1.45. The summed E-state index contributed by atoms with van der Waals surface area (Å²) >= 11 is 0. The van der Waals surface area contributed by atoms with Crippen LogP contribution in [0, 0.1) is 0 Å². The molecule has 0 aliphatic carbocycles. The quantitative estimate of drug-likeness (QED) is 0.479. The second-order valence-electron chi connectivity index (χ2n) is 7.40. The van der Waals surface area contributed by atoms with Crippen molar-refractivity contribution in [3.05, 3.63) is 66.9 Å². The van der Waals surface area contributed by atoms with E-state index < -0.39 is 0 Å². The molecule has 1 saturated heterocycles. The highest BCUT2D eigenvalue weighted by molar-refractivity contribution is 5.90. The van der Waals surface area contributed by atoms with Crippen LogP contribution in [0.3, 0.4) is 0 Å². The van der Waals surface area contributed by atoms with E-state index in [2.05, 4.69) is 20.6 Å². The number of anilines is 3. The summed E-state index contributed by atoms with van der Waals surface area (Å²) in [5.74, 6) is 1.31. The Bertz CT molecular complexity index is 1120. The molecule has 31 heavy (non-hydrogen) atoms. The van der Waals surface area contributed by atoms with Crippen LogP contribution in [0.4, 0.5) is 17.5 Å². The maximum absolute atomic E-state index is 5.43. The third-order valence-electron chi connectivity index (χ3n) is 5.28. The Kier molecular flexibility index (Phi) is 5.72. The fourth-order valence-electron chi connectivity index (χ4n) is 3.65. The van der Waals surface area contributed by atoms with E-state index in [9.17, 15) is 0 Å². The van der Waals surface area contributed by atoms with Gasteiger partial charge in [0.15, 0.2) is 5.65 Å². The van der Waals surface area contributed by atoms with E-state index in [1.54, 1.807) is 0 Å². The van der Waals surface area contributed by atoms with E-state index in [1.165, 1.54) is 0 Å². The van der Waals surface area contributed by atoms with Crippen molar-refractivity contribution < 1.29 is 4.74 Å². The largest absolute Gasteiger partial charge is 0.379 e. The zero-order chi connectivity index (χ0) is 20.9. The van der Waals surface area contributed by atoms with Crippen LogP contribution < -0.4 is 10.6 Å². The number of para-hydroxylation sites is 2. The number of aromatic nitrogens is 4. The van der Waals surface area contributed by atoms with Gasteiger partial charge >= 0.3 is 0 Å². The number of nitrogens with one attached hydrogen (secondary N) is 2. The summed E-state index contributed by atoms with van der Waals surface area (Å²) < 4.78 is 7.27. The minimum atomic E-state index is 0.580. The van der Waals surface area contributed by atoms with Gasteiger partial charge in [-0.3, -0.25) is 4.90 Å². The summed E-state index contributed by atoms with van der Waals surface area (Å²) in [6, 6.07) is 20.0. The molecule has 1 fully saturated rings. The first-order valence-corrected chi connectivity index (χ1v) is 10.5. The number of fused-ring (bicyclic) bond motifs is 1. The first kappa shape index (κ1) is 19.5. The predicted molar refractivity (Wildman–Crippen MR) is 122 cm³/mol. The molecule has 1 aliphatic heterocycles. The summed E-state index contributed by atoms with van der Waals surface area (Å²) in [5.41, 5.74) is 2.68. The topological polar surface area (TPSA) is 80.1 Å². The lowest BCUT2D eigenvalue weighted by molar-refractivity contribution is 0.0398. The van der Waals surface area contributed by atoms with E-state index in [0.717, 1.165) is 67.6 Å². The van der Waals surface area contributed by atoms with E-state index in [4.69, 9.17) is 14.7 Å². The highest BCUT2D eigenvalue weighted by Crippen LogP contribution is 2.26. The Morgan fingerprint density at radius 2 is 1.65 bits per heavy atom. The molecule has 0 bridgehead atoms. The van der Waals surface area contributed by atoms with Crippen LogP contribution in [0.15, 0.2) is 66.9 Å². The fraction of sp³-hybridized carbons (Fsp3) is 0.261. The first-order valence-electron chi connectivity index (χ1n) is 10.5. The van der Waals surface area contributed by atoms with Gasteiger partial charge in [0.2, 0.25) is 5.95 Å². The van der Waals surface area contributed by atoms with Crippen LogP contribution in [0.1, 0.15) is 0 Å². The standard InChI is InChI=1S/C23H25N7O/c1-3-7-18(8-4-1)26-21-20-17-25-30(19-9-5-2-6-10-19)22(20)28-23(27-21)24-11-12-29-13-15-31-16-14-29/h1-10,17H,11-16H2,(H2,24,26,27,28). The zero-order valence-corrected chi connectivity index (χ0v) is 17.2. The monoisotopic (exact) mass is 415 g/mol. The summed E-state index contributed by atoms with van der Waals surface area (Å²) in [4.78, 5) is 11.9. The Hall–Kier alpha value is -3.49. The van der Waals surface area contributed by atoms with Crippen LogP contribution in [0.25, 0.3) is 16.7 Å². The normalized spacial score (nSPS) is 14.6. The van der Waals surface area contributed by atoms with Gasteiger partial charge in [-0.2, -0.15) is 15.1 Å². The number of benzene rings is 2. The maximum atomic E-state index is 5.43. The second-order valence-corrected chi connectivity index (χ2v) is 7.40. The van der Waals surface area contributed by atoms with Gasteiger partial charge in [0.05, 0.1) is 30.5 Å². The molecule has 1 aliphatic rings. The van der Waals surface area contributed by atoms with Gasteiger partial charge in [-0.05, 0) is 24.3 Å². The molecular weight excluding hydrogens is 390 g/mol. The number of hydrogen-bond donors (Lipinski definition) is 2. The van der Waals surface area contributed by atoms with E-state index >= 15 is 0 Å². The summed E-state index contributed by atoms with van der Waals surface area (Å²) in [7, 11) is 0. The Labute approximate surface area is 180 Å². The van der Waals surface area contributed by atoms with Gasteiger partial charge in [0.25, 0.3) is 0 Å².